The second-order valence-corrected chi connectivity index (χ2v) is 10.4. The Morgan fingerprint density at radius 1 is 0.872 bits per heavy atom. The van der Waals surface area contributed by atoms with Gasteiger partial charge in [0.2, 0.25) is 5.95 Å². The Labute approximate surface area is 232 Å². The third-order valence-electron chi connectivity index (χ3n) is 7.10. The van der Waals surface area contributed by atoms with Crippen molar-refractivity contribution in [2.45, 2.75) is 6.92 Å². The highest BCUT2D eigenvalue weighted by atomic mass is 32.1. The van der Waals surface area contributed by atoms with E-state index in [0.29, 0.717) is 12.2 Å². The smallest absolute Gasteiger partial charge is 0.338 e. The molecule has 2 aromatic heterocycles. The van der Waals surface area contributed by atoms with Crippen LogP contribution in [0.15, 0.2) is 60.0 Å². The predicted molar refractivity (Wildman–Crippen MR) is 157 cm³/mol. The number of benzene rings is 2. The molecule has 10 heteroatoms. The number of carbonyl (C=O) groups excluding carboxylic acids is 1. The van der Waals surface area contributed by atoms with E-state index in [4.69, 9.17) is 19.4 Å². The van der Waals surface area contributed by atoms with Crippen LogP contribution in [-0.4, -0.2) is 75.0 Å². The molecule has 0 bridgehead atoms. The first kappa shape index (κ1) is 25.4. The minimum absolute atomic E-state index is 0.285. The van der Waals surface area contributed by atoms with E-state index in [9.17, 15) is 4.79 Å². The Balaban J connectivity index is 1.14. The number of aromatic nitrogens is 2. The molecule has 39 heavy (non-hydrogen) atoms. The van der Waals surface area contributed by atoms with Gasteiger partial charge in [-0.3, -0.25) is 0 Å². The summed E-state index contributed by atoms with van der Waals surface area (Å²) in [6.07, 6.45) is 0. The number of nitrogens with one attached hydrogen (secondary N) is 1. The quantitative estimate of drug-likeness (QED) is 0.331. The van der Waals surface area contributed by atoms with Gasteiger partial charge in [-0.15, -0.1) is 11.3 Å². The molecule has 6 rings (SSSR count). The standard InChI is InChI=1S/C29H32N6O3S/c1-2-38-28(36)21-3-7-23(8-4-21)33-12-14-35(15-13-33)29-31-25-11-20-39-26(25)27(32-29)30-22-5-9-24(10-6-22)34-16-18-37-19-17-34/h3-11,20H,2,12-19H2,1H3,(H,30,31,32). The van der Waals surface area contributed by atoms with E-state index in [-0.39, 0.29) is 5.97 Å². The fraction of sp³-hybridized carbons (Fsp3) is 0.345. The number of carbonyl (C=O) groups is 1. The molecule has 0 spiro atoms. The van der Waals surface area contributed by atoms with E-state index in [0.717, 1.165) is 85.8 Å². The highest BCUT2D eigenvalue weighted by Crippen LogP contribution is 2.32. The maximum Gasteiger partial charge on any atom is 0.338 e. The number of esters is 1. The Morgan fingerprint density at radius 3 is 2.21 bits per heavy atom. The summed E-state index contributed by atoms with van der Waals surface area (Å²) in [7, 11) is 0. The molecule has 202 valence electrons. The van der Waals surface area contributed by atoms with Crippen LogP contribution in [0, 0.1) is 0 Å². The van der Waals surface area contributed by atoms with E-state index >= 15 is 0 Å². The first-order valence-electron chi connectivity index (χ1n) is 13.4. The number of fused-ring (bicyclic) bond motifs is 1. The molecule has 1 N–H and O–H groups in total. The van der Waals surface area contributed by atoms with Crippen molar-refractivity contribution >= 4 is 56.4 Å². The molecule has 4 aromatic rings. The number of morpholine rings is 1. The molecule has 0 saturated carbocycles. The van der Waals surface area contributed by atoms with Crippen LogP contribution in [0.4, 0.5) is 28.8 Å². The van der Waals surface area contributed by atoms with Crippen LogP contribution in [0.1, 0.15) is 17.3 Å². The maximum absolute atomic E-state index is 12.0. The number of hydrogen-bond acceptors (Lipinski definition) is 10. The third kappa shape index (κ3) is 5.62. The molecule has 9 nitrogen and oxygen atoms in total. The summed E-state index contributed by atoms with van der Waals surface area (Å²) in [6, 6.07) is 18.2. The van der Waals surface area contributed by atoms with Gasteiger partial charge in [0.05, 0.1) is 35.6 Å². The minimum Gasteiger partial charge on any atom is -0.462 e. The van der Waals surface area contributed by atoms with Crippen LogP contribution in [0.5, 0.6) is 0 Å². The zero-order valence-electron chi connectivity index (χ0n) is 22.0. The van der Waals surface area contributed by atoms with Gasteiger partial charge in [0.15, 0.2) is 5.82 Å². The summed E-state index contributed by atoms with van der Waals surface area (Å²) in [5.41, 5.74) is 4.84. The lowest BCUT2D eigenvalue weighted by molar-refractivity contribution is 0.0526. The highest BCUT2D eigenvalue weighted by molar-refractivity contribution is 7.17. The molecule has 0 unspecified atom stereocenters. The SMILES string of the molecule is CCOC(=O)c1ccc(N2CCN(c3nc(Nc4ccc(N5CCOCC5)cc4)c4sccc4n3)CC2)cc1. The molecule has 2 aliphatic rings. The topological polar surface area (TPSA) is 83.1 Å². The molecule has 0 atom stereocenters. The van der Waals surface area contributed by atoms with E-state index in [2.05, 4.69) is 55.7 Å². The molecule has 0 amide bonds. The second-order valence-electron chi connectivity index (χ2n) is 9.52. The lowest BCUT2D eigenvalue weighted by Crippen LogP contribution is -2.47. The molecular formula is C29H32N6O3S. The number of rotatable bonds is 7. The number of nitrogens with zero attached hydrogens (tertiary/aromatic N) is 5. The number of hydrogen-bond donors (Lipinski definition) is 1. The van der Waals surface area contributed by atoms with Crippen molar-refractivity contribution in [1.82, 2.24) is 9.97 Å². The van der Waals surface area contributed by atoms with E-state index in [1.807, 2.05) is 31.2 Å². The molecular weight excluding hydrogens is 512 g/mol. The highest BCUT2D eigenvalue weighted by Gasteiger charge is 2.22. The van der Waals surface area contributed by atoms with E-state index in [1.165, 1.54) is 5.69 Å². The first-order chi connectivity index (χ1) is 19.2. The van der Waals surface area contributed by atoms with Gasteiger partial charge in [-0.1, -0.05) is 0 Å². The van der Waals surface area contributed by atoms with Gasteiger partial charge in [-0.25, -0.2) is 9.78 Å². The summed E-state index contributed by atoms with van der Waals surface area (Å²) in [5, 5.41) is 5.61. The van der Waals surface area contributed by atoms with Crippen molar-refractivity contribution in [2.24, 2.45) is 0 Å². The Bertz CT molecular complexity index is 1410. The number of thiophene rings is 1. The summed E-state index contributed by atoms with van der Waals surface area (Å²) in [6.45, 7) is 8.88. The molecule has 0 aliphatic carbocycles. The molecule has 2 aromatic carbocycles. The van der Waals surface area contributed by atoms with Crippen LogP contribution in [-0.2, 0) is 9.47 Å². The Morgan fingerprint density at radius 2 is 1.51 bits per heavy atom. The minimum atomic E-state index is -0.285. The fourth-order valence-electron chi connectivity index (χ4n) is 4.98. The average molecular weight is 545 g/mol. The van der Waals surface area contributed by atoms with Gasteiger partial charge < -0.3 is 29.5 Å². The van der Waals surface area contributed by atoms with Crippen molar-refractivity contribution in [3.63, 3.8) is 0 Å². The maximum atomic E-state index is 12.0. The van der Waals surface area contributed by atoms with Gasteiger partial charge in [0, 0.05) is 56.3 Å². The van der Waals surface area contributed by atoms with Gasteiger partial charge in [-0.05, 0) is 66.9 Å². The van der Waals surface area contributed by atoms with Gasteiger partial charge >= 0.3 is 5.97 Å². The Kier molecular flexibility index (Phi) is 7.46. The van der Waals surface area contributed by atoms with Crippen LogP contribution >= 0.6 is 11.3 Å². The zero-order valence-corrected chi connectivity index (χ0v) is 22.8. The third-order valence-corrected chi connectivity index (χ3v) is 8.01. The molecule has 0 radical (unpaired) electrons. The monoisotopic (exact) mass is 544 g/mol. The van der Waals surface area contributed by atoms with Crippen molar-refractivity contribution < 1.29 is 14.3 Å². The largest absolute Gasteiger partial charge is 0.462 e. The van der Waals surface area contributed by atoms with Crippen LogP contribution in [0.3, 0.4) is 0 Å². The van der Waals surface area contributed by atoms with Gasteiger partial charge in [0.1, 0.15) is 0 Å². The molecule has 2 fully saturated rings. The first-order valence-corrected chi connectivity index (χ1v) is 14.3. The lowest BCUT2D eigenvalue weighted by atomic mass is 10.2. The van der Waals surface area contributed by atoms with Crippen molar-refractivity contribution in [3.8, 4) is 0 Å². The van der Waals surface area contributed by atoms with Gasteiger partial charge in [0.25, 0.3) is 0 Å². The van der Waals surface area contributed by atoms with E-state index < -0.39 is 0 Å². The summed E-state index contributed by atoms with van der Waals surface area (Å²) < 4.78 is 11.6. The van der Waals surface area contributed by atoms with E-state index in [1.54, 1.807) is 11.3 Å². The normalized spacial score (nSPS) is 16.0. The Hall–Kier alpha value is -3.89. The molecule has 2 aliphatic heterocycles. The molecule has 2 saturated heterocycles. The average Bonchev–Trinajstić information content (AvgIpc) is 3.48. The fourth-order valence-corrected chi connectivity index (χ4v) is 5.75. The molecule has 4 heterocycles. The van der Waals surface area contributed by atoms with Crippen LogP contribution in [0.25, 0.3) is 10.2 Å². The zero-order chi connectivity index (χ0) is 26.6. The second kappa shape index (κ2) is 11.5. The number of piperazine rings is 1. The van der Waals surface area contributed by atoms with Gasteiger partial charge in [-0.2, -0.15) is 4.98 Å². The van der Waals surface area contributed by atoms with Crippen molar-refractivity contribution in [2.75, 3.05) is 79.1 Å². The summed E-state index contributed by atoms with van der Waals surface area (Å²) >= 11 is 1.65. The van der Waals surface area contributed by atoms with Crippen molar-refractivity contribution in [3.05, 3.63) is 65.5 Å². The van der Waals surface area contributed by atoms with Crippen molar-refractivity contribution in [1.29, 1.82) is 0 Å². The summed E-state index contributed by atoms with van der Waals surface area (Å²) in [5.74, 6) is 1.29. The van der Waals surface area contributed by atoms with Crippen LogP contribution < -0.4 is 20.0 Å². The summed E-state index contributed by atoms with van der Waals surface area (Å²) in [4.78, 5) is 28.7. The lowest BCUT2D eigenvalue weighted by Gasteiger charge is -2.36. The number of anilines is 5. The van der Waals surface area contributed by atoms with Crippen LogP contribution in [0.2, 0.25) is 0 Å². The predicted octanol–water partition coefficient (Wildman–Crippen LogP) is 4.77. The number of ether oxygens (including phenoxy) is 2.